The fourth-order valence-electron chi connectivity index (χ4n) is 1.86. The Labute approximate surface area is 140 Å². The Kier molecular flexibility index (Phi) is 6.72. The predicted molar refractivity (Wildman–Crippen MR) is 94.8 cm³/mol. The summed E-state index contributed by atoms with van der Waals surface area (Å²) in [6, 6.07) is 15.2. The van der Waals surface area contributed by atoms with Gasteiger partial charge in [0.15, 0.2) is 6.79 Å². The summed E-state index contributed by atoms with van der Waals surface area (Å²) in [4.78, 5) is 13.1. The van der Waals surface area contributed by atoms with Crippen molar-refractivity contribution in [2.45, 2.75) is 4.90 Å². The highest BCUT2D eigenvalue weighted by Gasteiger charge is 1.99. The third-order valence-electron chi connectivity index (χ3n) is 2.99. The van der Waals surface area contributed by atoms with Gasteiger partial charge in [-0.1, -0.05) is 18.2 Å². The van der Waals surface area contributed by atoms with Crippen molar-refractivity contribution in [3.8, 4) is 5.75 Å². The summed E-state index contributed by atoms with van der Waals surface area (Å²) in [5, 5.41) is 2.85. The lowest BCUT2D eigenvalue weighted by Crippen LogP contribution is -2.07. The third kappa shape index (κ3) is 5.81. The van der Waals surface area contributed by atoms with Gasteiger partial charge in [-0.2, -0.15) is 0 Å². The highest BCUT2D eigenvalue weighted by molar-refractivity contribution is 7.98. The van der Waals surface area contributed by atoms with Crippen LogP contribution in [0.3, 0.4) is 0 Å². The maximum Gasteiger partial charge on any atom is 0.248 e. The number of rotatable bonds is 7. The molecule has 0 unspecified atom stereocenters. The van der Waals surface area contributed by atoms with Crippen molar-refractivity contribution in [2.24, 2.45) is 0 Å². The van der Waals surface area contributed by atoms with Gasteiger partial charge in [-0.25, -0.2) is 0 Å². The number of carbonyl (C=O) groups is 1. The molecular weight excluding hydrogens is 310 g/mol. The molecule has 0 bridgehead atoms. The molecule has 2 aromatic carbocycles. The molecule has 0 aliphatic rings. The second-order valence-corrected chi connectivity index (χ2v) is 5.55. The summed E-state index contributed by atoms with van der Waals surface area (Å²) < 4.78 is 10.1. The van der Waals surface area contributed by atoms with E-state index in [1.165, 1.54) is 6.08 Å². The van der Waals surface area contributed by atoms with E-state index in [0.717, 1.165) is 21.9 Å². The lowest BCUT2D eigenvalue weighted by molar-refractivity contribution is -0.111. The molecule has 0 heterocycles. The van der Waals surface area contributed by atoms with Crippen LogP contribution in [-0.4, -0.2) is 26.1 Å². The van der Waals surface area contributed by atoms with Crippen LogP contribution in [0.25, 0.3) is 6.08 Å². The van der Waals surface area contributed by atoms with Crippen LogP contribution in [0.5, 0.6) is 5.75 Å². The van der Waals surface area contributed by atoms with Crippen molar-refractivity contribution in [3.05, 3.63) is 60.2 Å². The van der Waals surface area contributed by atoms with Crippen LogP contribution >= 0.6 is 11.8 Å². The molecule has 0 radical (unpaired) electrons. The van der Waals surface area contributed by atoms with Gasteiger partial charge in [0, 0.05) is 23.8 Å². The highest BCUT2D eigenvalue weighted by atomic mass is 32.2. The van der Waals surface area contributed by atoms with Crippen molar-refractivity contribution in [1.29, 1.82) is 0 Å². The van der Waals surface area contributed by atoms with Crippen LogP contribution in [-0.2, 0) is 9.53 Å². The number of hydrogen-bond acceptors (Lipinski definition) is 4. The third-order valence-corrected chi connectivity index (χ3v) is 3.71. The van der Waals surface area contributed by atoms with E-state index in [-0.39, 0.29) is 12.7 Å². The summed E-state index contributed by atoms with van der Waals surface area (Å²) in [6.45, 7) is 0.215. The lowest BCUT2D eigenvalue weighted by atomic mass is 10.2. The van der Waals surface area contributed by atoms with E-state index in [9.17, 15) is 4.79 Å². The summed E-state index contributed by atoms with van der Waals surface area (Å²) in [7, 11) is 1.57. The molecule has 0 saturated heterocycles. The van der Waals surface area contributed by atoms with Crippen LogP contribution in [0, 0.1) is 0 Å². The van der Waals surface area contributed by atoms with Crippen molar-refractivity contribution in [3.63, 3.8) is 0 Å². The number of anilines is 1. The van der Waals surface area contributed by atoms with Gasteiger partial charge in [0.25, 0.3) is 0 Å². The van der Waals surface area contributed by atoms with E-state index in [0.29, 0.717) is 0 Å². The highest BCUT2D eigenvalue weighted by Crippen LogP contribution is 2.19. The first-order valence-electron chi connectivity index (χ1n) is 7.06. The summed E-state index contributed by atoms with van der Waals surface area (Å²) in [5.41, 5.74) is 1.71. The largest absolute Gasteiger partial charge is 0.468 e. The maximum absolute atomic E-state index is 11.9. The molecule has 0 aliphatic heterocycles. The van der Waals surface area contributed by atoms with Gasteiger partial charge in [0.2, 0.25) is 5.91 Å². The number of benzene rings is 2. The Hall–Kier alpha value is -2.24. The minimum atomic E-state index is -0.164. The minimum Gasteiger partial charge on any atom is -0.468 e. The van der Waals surface area contributed by atoms with Crippen molar-refractivity contribution in [1.82, 2.24) is 0 Å². The van der Waals surface area contributed by atoms with Gasteiger partial charge in [0.05, 0.1) is 0 Å². The van der Waals surface area contributed by atoms with Crippen molar-refractivity contribution < 1.29 is 14.3 Å². The molecule has 0 saturated carbocycles. The van der Waals surface area contributed by atoms with Crippen molar-refractivity contribution in [2.75, 3.05) is 25.5 Å². The molecule has 0 spiro atoms. The predicted octanol–water partition coefficient (Wildman–Crippen LogP) is 4.04. The molecule has 1 N–H and O–H groups in total. The fourth-order valence-corrected chi connectivity index (χ4v) is 2.32. The number of hydrogen-bond donors (Lipinski definition) is 1. The Morgan fingerprint density at radius 2 is 2.00 bits per heavy atom. The van der Waals surface area contributed by atoms with Crippen LogP contribution in [0.15, 0.2) is 59.5 Å². The minimum absolute atomic E-state index is 0.164. The van der Waals surface area contributed by atoms with E-state index in [1.807, 2.05) is 54.8 Å². The molecule has 0 aromatic heterocycles. The van der Waals surface area contributed by atoms with Gasteiger partial charge >= 0.3 is 0 Å². The molecule has 2 rings (SSSR count). The zero-order valence-corrected chi connectivity index (χ0v) is 13.9. The summed E-state index contributed by atoms with van der Waals surface area (Å²) >= 11 is 1.64. The molecule has 4 nitrogen and oxygen atoms in total. The van der Waals surface area contributed by atoms with Crippen LogP contribution in [0.4, 0.5) is 5.69 Å². The van der Waals surface area contributed by atoms with E-state index >= 15 is 0 Å². The average molecular weight is 329 g/mol. The van der Waals surface area contributed by atoms with Gasteiger partial charge < -0.3 is 14.8 Å². The quantitative estimate of drug-likeness (QED) is 0.473. The molecule has 0 fully saturated rings. The van der Waals surface area contributed by atoms with Gasteiger partial charge in [-0.15, -0.1) is 11.8 Å². The van der Waals surface area contributed by atoms with E-state index < -0.39 is 0 Å². The summed E-state index contributed by atoms with van der Waals surface area (Å²) in [6.07, 6.45) is 5.27. The van der Waals surface area contributed by atoms with Crippen molar-refractivity contribution >= 4 is 29.4 Å². The van der Waals surface area contributed by atoms with E-state index in [1.54, 1.807) is 24.9 Å². The molecule has 120 valence electrons. The van der Waals surface area contributed by atoms with Crippen LogP contribution < -0.4 is 10.1 Å². The second kappa shape index (κ2) is 9.02. The number of methoxy groups -OCH3 is 1. The smallest absolute Gasteiger partial charge is 0.248 e. The van der Waals surface area contributed by atoms with Gasteiger partial charge in [-0.05, 0) is 48.2 Å². The van der Waals surface area contributed by atoms with E-state index in [2.05, 4.69) is 5.32 Å². The van der Waals surface area contributed by atoms with Gasteiger partial charge in [-0.3, -0.25) is 4.79 Å². The molecule has 0 atom stereocenters. The van der Waals surface area contributed by atoms with Crippen LogP contribution in [0.1, 0.15) is 5.56 Å². The average Bonchev–Trinajstić information content (AvgIpc) is 2.59. The number of carbonyl (C=O) groups excluding carboxylic acids is 1. The fraction of sp³-hybridized carbons (Fsp3) is 0.167. The topological polar surface area (TPSA) is 47.6 Å². The number of amides is 1. The SMILES string of the molecule is COCOc1ccc(/C=C/C(=O)Nc2cccc(SC)c2)cc1. The lowest BCUT2D eigenvalue weighted by Gasteiger charge is -2.05. The molecule has 23 heavy (non-hydrogen) atoms. The number of thioether (sulfide) groups is 1. The first-order chi connectivity index (χ1) is 11.2. The monoisotopic (exact) mass is 329 g/mol. The Balaban J connectivity index is 1.92. The molecular formula is C18H19NO3S. The Morgan fingerprint density at radius 3 is 2.70 bits per heavy atom. The standard InChI is InChI=1S/C18H19NO3S/c1-21-13-22-16-9-6-14(7-10-16)8-11-18(20)19-15-4-3-5-17(12-15)23-2/h3-12H,13H2,1-2H3,(H,19,20)/b11-8+. The van der Waals surface area contributed by atoms with Crippen LogP contribution in [0.2, 0.25) is 0 Å². The number of nitrogens with one attached hydrogen (secondary N) is 1. The first-order valence-corrected chi connectivity index (χ1v) is 8.28. The Bertz CT molecular complexity index is 668. The molecule has 0 aliphatic carbocycles. The summed E-state index contributed by atoms with van der Waals surface area (Å²) in [5.74, 6) is 0.560. The van der Waals surface area contributed by atoms with Gasteiger partial charge in [0.1, 0.15) is 5.75 Å². The molecule has 1 amide bonds. The second-order valence-electron chi connectivity index (χ2n) is 4.67. The van der Waals surface area contributed by atoms with E-state index in [4.69, 9.17) is 9.47 Å². The molecule has 2 aromatic rings. The zero-order chi connectivity index (χ0) is 16.5. The zero-order valence-electron chi connectivity index (χ0n) is 13.1. The Morgan fingerprint density at radius 1 is 1.22 bits per heavy atom. The normalized spacial score (nSPS) is 10.7. The maximum atomic E-state index is 11.9. The number of ether oxygens (including phenoxy) is 2. The first kappa shape index (κ1) is 17.1. The molecule has 5 heteroatoms.